The highest BCUT2D eigenvalue weighted by Gasteiger charge is 2.17. The van der Waals surface area contributed by atoms with E-state index in [4.69, 9.17) is 22.6 Å². The molecule has 0 heterocycles. The van der Waals surface area contributed by atoms with Crippen LogP contribution in [0.25, 0.3) is 0 Å². The minimum absolute atomic E-state index is 0.366. The zero-order valence-electron chi connectivity index (χ0n) is 10.6. The monoisotopic (exact) mass is 284 g/mol. The Bertz CT molecular complexity index is 494. The van der Waals surface area contributed by atoms with E-state index in [0.717, 1.165) is 12.8 Å². The van der Waals surface area contributed by atoms with Crippen molar-refractivity contribution in [2.45, 2.75) is 31.6 Å². The molecular weight excluding hydrogens is 268 g/mol. The number of hydrogen-bond acceptors (Lipinski definition) is 3. The highest BCUT2D eigenvalue weighted by Crippen LogP contribution is 2.25. The van der Waals surface area contributed by atoms with Gasteiger partial charge in [-0.3, -0.25) is 4.21 Å². The Kier molecular flexibility index (Phi) is 5.18. The number of halogens is 1. The molecule has 0 aromatic heterocycles. The maximum Gasteiger partial charge on any atom is 0.0683 e. The number of anilines is 1. The molecule has 1 aromatic carbocycles. The molecule has 1 atom stereocenters. The summed E-state index contributed by atoms with van der Waals surface area (Å²) in [5.41, 5.74) is 5.78. The van der Waals surface area contributed by atoms with Crippen LogP contribution in [0.3, 0.4) is 0 Å². The van der Waals surface area contributed by atoms with Gasteiger partial charge in [-0.2, -0.15) is 5.26 Å². The van der Waals surface area contributed by atoms with Gasteiger partial charge in [0.05, 0.1) is 32.2 Å². The maximum absolute atomic E-state index is 12.1. The third kappa shape index (κ3) is 4.32. The van der Waals surface area contributed by atoms with Crippen molar-refractivity contribution >= 4 is 28.1 Å². The Morgan fingerprint density at radius 3 is 2.72 bits per heavy atom. The first kappa shape index (κ1) is 15.0. The molecule has 2 N–H and O–H groups in total. The molecule has 1 unspecified atom stereocenters. The highest BCUT2D eigenvalue weighted by molar-refractivity contribution is 7.85. The van der Waals surface area contributed by atoms with Crippen molar-refractivity contribution < 1.29 is 4.21 Å². The Morgan fingerprint density at radius 1 is 1.50 bits per heavy atom. The highest BCUT2D eigenvalue weighted by atomic mass is 35.5. The number of nitrogens with two attached hydrogens (primary N) is 1. The fourth-order valence-electron chi connectivity index (χ4n) is 1.51. The van der Waals surface area contributed by atoms with Gasteiger partial charge in [-0.05, 0) is 44.9 Å². The SMILES string of the molecule is CC(C)(C#N)CCCS(=O)c1ccc(N)cc1Cl. The van der Waals surface area contributed by atoms with Crippen molar-refractivity contribution in [1.29, 1.82) is 5.26 Å². The molecule has 3 nitrogen and oxygen atoms in total. The molecule has 0 fully saturated rings. The zero-order valence-corrected chi connectivity index (χ0v) is 12.1. The Labute approximate surface area is 115 Å². The summed E-state index contributed by atoms with van der Waals surface area (Å²) in [7, 11) is -1.14. The standard InChI is InChI=1S/C13H17ClN2OS/c1-13(2,9-15)6-3-7-18(17)12-5-4-10(16)8-11(12)14/h4-5,8H,3,6-7,16H2,1-2H3. The first-order valence-corrected chi connectivity index (χ1v) is 7.40. The van der Waals surface area contributed by atoms with Gasteiger partial charge in [-0.25, -0.2) is 0 Å². The average Bonchev–Trinajstić information content (AvgIpc) is 2.28. The first-order chi connectivity index (χ1) is 8.35. The predicted octanol–water partition coefficient (Wildman–Crippen LogP) is 3.36. The molecule has 0 saturated carbocycles. The van der Waals surface area contributed by atoms with E-state index in [0.29, 0.717) is 21.4 Å². The number of nitrogen functional groups attached to an aromatic ring is 1. The molecule has 98 valence electrons. The maximum atomic E-state index is 12.1. The number of hydrogen-bond donors (Lipinski definition) is 1. The quantitative estimate of drug-likeness (QED) is 0.843. The van der Waals surface area contributed by atoms with E-state index < -0.39 is 10.8 Å². The molecule has 0 aliphatic carbocycles. The Hall–Kier alpha value is -1.05. The van der Waals surface area contributed by atoms with Crippen molar-refractivity contribution in [3.63, 3.8) is 0 Å². The lowest BCUT2D eigenvalue weighted by molar-refractivity contribution is 0.447. The lowest BCUT2D eigenvalue weighted by Crippen LogP contribution is -2.10. The van der Waals surface area contributed by atoms with Gasteiger partial charge in [0.1, 0.15) is 0 Å². The average molecular weight is 285 g/mol. The largest absolute Gasteiger partial charge is 0.399 e. The van der Waals surface area contributed by atoms with Gasteiger partial charge in [0.2, 0.25) is 0 Å². The van der Waals surface area contributed by atoms with Crippen LogP contribution in [0.5, 0.6) is 0 Å². The topological polar surface area (TPSA) is 66.9 Å². The van der Waals surface area contributed by atoms with Crippen LogP contribution in [0, 0.1) is 16.7 Å². The summed E-state index contributed by atoms with van der Waals surface area (Å²) in [6.07, 6.45) is 1.45. The summed E-state index contributed by atoms with van der Waals surface area (Å²) in [5, 5.41) is 9.33. The number of benzene rings is 1. The van der Waals surface area contributed by atoms with E-state index in [9.17, 15) is 4.21 Å². The Balaban J connectivity index is 2.59. The second kappa shape index (κ2) is 6.21. The van der Waals surface area contributed by atoms with Crippen LogP contribution in [0.4, 0.5) is 5.69 Å². The first-order valence-electron chi connectivity index (χ1n) is 5.70. The second-order valence-corrected chi connectivity index (χ2v) is 6.79. The molecule has 0 amide bonds. The van der Waals surface area contributed by atoms with Crippen LogP contribution >= 0.6 is 11.6 Å². The van der Waals surface area contributed by atoms with Crippen LogP contribution in [-0.4, -0.2) is 9.96 Å². The Morgan fingerprint density at radius 2 is 2.17 bits per heavy atom. The minimum atomic E-state index is -1.14. The van der Waals surface area contributed by atoms with Crippen molar-refractivity contribution in [2.75, 3.05) is 11.5 Å². The van der Waals surface area contributed by atoms with Crippen molar-refractivity contribution in [3.8, 4) is 6.07 Å². The second-order valence-electron chi connectivity index (χ2n) is 4.84. The molecule has 0 saturated heterocycles. The molecule has 0 radical (unpaired) electrons. The predicted molar refractivity (Wildman–Crippen MR) is 75.8 cm³/mol. The van der Waals surface area contributed by atoms with Gasteiger partial charge in [0.15, 0.2) is 0 Å². The van der Waals surface area contributed by atoms with Crippen LogP contribution < -0.4 is 5.73 Å². The molecule has 18 heavy (non-hydrogen) atoms. The van der Waals surface area contributed by atoms with Crippen molar-refractivity contribution in [3.05, 3.63) is 23.2 Å². The molecule has 0 aliphatic heterocycles. The lowest BCUT2D eigenvalue weighted by atomic mass is 9.90. The van der Waals surface area contributed by atoms with Crippen molar-refractivity contribution in [2.24, 2.45) is 5.41 Å². The van der Waals surface area contributed by atoms with Gasteiger partial charge < -0.3 is 5.73 Å². The number of nitriles is 1. The lowest BCUT2D eigenvalue weighted by Gasteiger charge is -2.14. The van der Waals surface area contributed by atoms with E-state index in [-0.39, 0.29) is 5.41 Å². The van der Waals surface area contributed by atoms with E-state index in [2.05, 4.69) is 6.07 Å². The van der Waals surface area contributed by atoms with Crippen LogP contribution in [-0.2, 0) is 10.8 Å². The normalized spacial score (nSPS) is 13.0. The van der Waals surface area contributed by atoms with Gasteiger partial charge in [0.25, 0.3) is 0 Å². The fraction of sp³-hybridized carbons (Fsp3) is 0.462. The van der Waals surface area contributed by atoms with E-state index >= 15 is 0 Å². The van der Waals surface area contributed by atoms with Gasteiger partial charge in [-0.1, -0.05) is 11.6 Å². The van der Waals surface area contributed by atoms with Crippen LogP contribution in [0.1, 0.15) is 26.7 Å². The summed E-state index contributed by atoms with van der Waals surface area (Å²) in [4.78, 5) is 0.612. The third-order valence-corrected chi connectivity index (χ3v) is 4.57. The van der Waals surface area contributed by atoms with E-state index in [1.807, 2.05) is 13.8 Å². The van der Waals surface area contributed by atoms with Crippen molar-refractivity contribution in [1.82, 2.24) is 0 Å². The number of rotatable bonds is 5. The molecular formula is C13H17ClN2OS. The molecule has 0 spiro atoms. The smallest absolute Gasteiger partial charge is 0.0683 e. The molecule has 0 aliphatic rings. The number of nitrogens with zero attached hydrogens (tertiary/aromatic N) is 1. The molecule has 5 heteroatoms. The molecule has 1 rings (SSSR count). The fourth-order valence-corrected chi connectivity index (χ4v) is 3.08. The summed E-state index contributed by atoms with van der Waals surface area (Å²) in [5.74, 6) is 0.509. The van der Waals surface area contributed by atoms with E-state index in [1.54, 1.807) is 18.2 Å². The van der Waals surface area contributed by atoms with E-state index in [1.165, 1.54) is 0 Å². The third-order valence-electron chi connectivity index (χ3n) is 2.64. The van der Waals surface area contributed by atoms with Crippen LogP contribution in [0.15, 0.2) is 23.1 Å². The van der Waals surface area contributed by atoms with Gasteiger partial charge in [-0.15, -0.1) is 0 Å². The summed E-state index contributed by atoms with van der Waals surface area (Å²) in [6.45, 7) is 3.76. The summed E-state index contributed by atoms with van der Waals surface area (Å²) in [6, 6.07) is 7.23. The molecule has 1 aromatic rings. The van der Waals surface area contributed by atoms with Gasteiger partial charge >= 0.3 is 0 Å². The summed E-state index contributed by atoms with van der Waals surface area (Å²) >= 11 is 6.00. The summed E-state index contributed by atoms with van der Waals surface area (Å²) < 4.78 is 12.1. The minimum Gasteiger partial charge on any atom is -0.399 e. The van der Waals surface area contributed by atoms with Crippen LogP contribution in [0.2, 0.25) is 5.02 Å². The molecule has 0 bridgehead atoms. The van der Waals surface area contributed by atoms with Gasteiger partial charge in [0, 0.05) is 11.4 Å². The zero-order chi connectivity index (χ0) is 13.8.